The number of ether oxygens (including phenoxy) is 2. The number of hydrogen-bond donors (Lipinski definition) is 2. The molecule has 1 amide bonds. The van der Waals surface area contributed by atoms with Crippen LogP contribution in [-0.4, -0.2) is 31.3 Å². The summed E-state index contributed by atoms with van der Waals surface area (Å²) < 4.78 is 11.2. The molecular weight excluding hydrogens is 306 g/mol. The van der Waals surface area contributed by atoms with Gasteiger partial charge in [-0.2, -0.15) is 0 Å². The average molecular weight is 325 g/mol. The second-order valence-electron chi connectivity index (χ2n) is 6.28. The van der Waals surface area contributed by atoms with Crippen molar-refractivity contribution in [3.63, 3.8) is 0 Å². The van der Waals surface area contributed by atoms with Crippen molar-refractivity contribution in [2.24, 2.45) is 5.41 Å². The maximum absolute atomic E-state index is 12.7. The molecule has 2 aromatic carbocycles. The zero-order valence-corrected chi connectivity index (χ0v) is 13.4. The number of rotatable bonds is 2. The zero-order chi connectivity index (χ0) is 16.7. The monoisotopic (exact) mass is 325 g/mol. The molecule has 124 valence electrons. The SMILES string of the molecule is COc1cccc2c1OC[C@@]1(C(=O)NC[C@@H]1c1ccccc1)C2O. The van der Waals surface area contributed by atoms with Crippen molar-refractivity contribution in [2.75, 3.05) is 20.3 Å². The summed E-state index contributed by atoms with van der Waals surface area (Å²) in [6.45, 7) is 0.607. The van der Waals surface area contributed by atoms with E-state index < -0.39 is 11.5 Å². The van der Waals surface area contributed by atoms with Gasteiger partial charge in [0.25, 0.3) is 0 Å². The Morgan fingerprint density at radius 3 is 2.75 bits per heavy atom. The number of carbonyl (C=O) groups is 1. The number of nitrogens with one attached hydrogen (secondary N) is 1. The fourth-order valence-corrected chi connectivity index (χ4v) is 3.89. The second-order valence-corrected chi connectivity index (χ2v) is 6.28. The normalized spacial score (nSPS) is 28.2. The van der Waals surface area contributed by atoms with E-state index in [2.05, 4.69) is 5.32 Å². The number of methoxy groups -OCH3 is 1. The molecular formula is C19H19NO4. The smallest absolute Gasteiger partial charge is 0.233 e. The molecule has 2 aliphatic rings. The number of aliphatic hydroxyl groups excluding tert-OH is 1. The van der Waals surface area contributed by atoms with E-state index in [4.69, 9.17) is 9.47 Å². The third kappa shape index (κ3) is 1.94. The van der Waals surface area contributed by atoms with Crippen molar-refractivity contribution in [3.05, 3.63) is 59.7 Å². The lowest BCUT2D eigenvalue weighted by Gasteiger charge is -2.41. The standard InChI is InChI=1S/C19H19NO4/c1-23-15-9-5-8-13-16(15)24-11-19(17(13)21)14(10-20-18(19)22)12-6-3-2-4-7-12/h2-9,14,17,21H,10-11H2,1H3,(H,20,22)/t14-,17?,19+/m1/s1. The van der Waals surface area contributed by atoms with Crippen molar-refractivity contribution in [1.29, 1.82) is 0 Å². The van der Waals surface area contributed by atoms with Crippen LogP contribution in [0, 0.1) is 5.41 Å². The highest BCUT2D eigenvalue weighted by molar-refractivity contribution is 5.88. The maximum atomic E-state index is 12.7. The molecule has 5 nitrogen and oxygen atoms in total. The summed E-state index contributed by atoms with van der Waals surface area (Å²) >= 11 is 0. The Bertz CT molecular complexity index is 776. The lowest BCUT2D eigenvalue weighted by Crippen LogP contribution is -2.47. The lowest BCUT2D eigenvalue weighted by molar-refractivity contribution is -0.140. The minimum absolute atomic E-state index is 0.118. The second kappa shape index (κ2) is 5.53. The van der Waals surface area contributed by atoms with Gasteiger partial charge in [0.05, 0.1) is 7.11 Å². The van der Waals surface area contributed by atoms with Crippen LogP contribution in [0.1, 0.15) is 23.1 Å². The number of fused-ring (bicyclic) bond motifs is 1. The Morgan fingerprint density at radius 1 is 1.21 bits per heavy atom. The van der Waals surface area contributed by atoms with Crippen LogP contribution in [0.4, 0.5) is 0 Å². The quantitative estimate of drug-likeness (QED) is 0.886. The number of carbonyl (C=O) groups excluding carboxylic acids is 1. The molecule has 0 bridgehead atoms. The molecule has 0 saturated carbocycles. The summed E-state index contributed by atoms with van der Waals surface area (Å²) in [5.41, 5.74) is 0.587. The van der Waals surface area contributed by atoms with Crippen LogP contribution in [-0.2, 0) is 4.79 Å². The molecule has 1 saturated heterocycles. The number of amides is 1. The fourth-order valence-electron chi connectivity index (χ4n) is 3.89. The first-order valence-corrected chi connectivity index (χ1v) is 7.99. The van der Waals surface area contributed by atoms with Crippen LogP contribution < -0.4 is 14.8 Å². The Balaban J connectivity index is 1.83. The topological polar surface area (TPSA) is 67.8 Å². The zero-order valence-electron chi connectivity index (χ0n) is 13.4. The molecule has 0 radical (unpaired) electrons. The van der Waals surface area contributed by atoms with E-state index in [0.29, 0.717) is 23.6 Å². The highest BCUT2D eigenvalue weighted by Crippen LogP contribution is 2.54. The molecule has 2 aliphatic heterocycles. The molecule has 1 unspecified atom stereocenters. The van der Waals surface area contributed by atoms with Crippen LogP contribution >= 0.6 is 0 Å². The van der Waals surface area contributed by atoms with E-state index in [9.17, 15) is 9.90 Å². The molecule has 2 heterocycles. The minimum Gasteiger partial charge on any atom is -0.493 e. The molecule has 0 aromatic heterocycles. The first kappa shape index (κ1) is 15.0. The summed E-state index contributed by atoms with van der Waals surface area (Å²) in [7, 11) is 1.56. The van der Waals surface area contributed by atoms with Crippen molar-refractivity contribution in [1.82, 2.24) is 5.32 Å². The number of benzene rings is 2. The molecule has 2 N–H and O–H groups in total. The molecule has 5 heteroatoms. The van der Waals surface area contributed by atoms with E-state index in [1.165, 1.54) is 0 Å². The van der Waals surface area contributed by atoms with Gasteiger partial charge in [0.2, 0.25) is 5.91 Å². The van der Waals surface area contributed by atoms with E-state index >= 15 is 0 Å². The summed E-state index contributed by atoms with van der Waals surface area (Å²) in [6, 6.07) is 15.2. The van der Waals surface area contributed by atoms with Crippen molar-refractivity contribution >= 4 is 5.91 Å². The summed E-state index contributed by atoms with van der Waals surface area (Å²) in [5, 5.41) is 14.0. The average Bonchev–Trinajstić information content (AvgIpc) is 2.96. The van der Waals surface area contributed by atoms with Gasteiger partial charge in [0.15, 0.2) is 11.5 Å². The molecule has 0 aliphatic carbocycles. The highest BCUT2D eigenvalue weighted by Gasteiger charge is 2.59. The first-order chi connectivity index (χ1) is 11.7. The lowest BCUT2D eigenvalue weighted by atomic mass is 9.67. The fraction of sp³-hybridized carbons (Fsp3) is 0.316. The van der Waals surface area contributed by atoms with E-state index in [1.54, 1.807) is 25.3 Å². The van der Waals surface area contributed by atoms with Gasteiger partial charge in [-0.3, -0.25) is 4.79 Å². The van der Waals surface area contributed by atoms with Gasteiger partial charge < -0.3 is 19.9 Å². The van der Waals surface area contributed by atoms with Crippen LogP contribution in [0.2, 0.25) is 0 Å². The Labute approximate surface area is 140 Å². The van der Waals surface area contributed by atoms with E-state index in [0.717, 1.165) is 5.56 Å². The number of para-hydroxylation sites is 1. The van der Waals surface area contributed by atoms with E-state index in [1.807, 2.05) is 30.3 Å². The van der Waals surface area contributed by atoms with Crippen molar-refractivity contribution in [2.45, 2.75) is 12.0 Å². The Morgan fingerprint density at radius 2 is 2.00 bits per heavy atom. The van der Waals surface area contributed by atoms with Crippen LogP contribution in [0.5, 0.6) is 11.5 Å². The van der Waals surface area contributed by atoms with Crippen LogP contribution in [0.25, 0.3) is 0 Å². The van der Waals surface area contributed by atoms with Gasteiger partial charge in [-0.1, -0.05) is 42.5 Å². The van der Waals surface area contributed by atoms with Gasteiger partial charge in [-0.25, -0.2) is 0 Å². The predicted molar refractivity (Wildman–Crippen MR) is 88.1 cm³/mol. The third-order valence-corrected chi connectivity index (χ3v) is 5.18. The molecule has 2 aromatic rings. The maximum Gasteiger partial charge on any atom is 0.233 e. The van der Waals surface area contributed by atoms with Gasteiger partial charge in [0.1, 0.15) is 18.1 Å². The summed E-state index contributed by atoms with van der Waals surface area (Å²) in [4.78, 5) is 12.7. The highest BCUT2D eigenvalue weighted by atomic mass is 16.5. The predicted octanol–water partition coefficient (Wildman–Crippen LogP) is 2.02. The molecule has 1 fully saturated rings. The van der Waals surface area contributed by atoms with Crippen LogP contribution in [0.15, 0.2) is 48.5 Å². The van der Waals surface area contributed by atoms with Crippen LogP contribution in [0.3, 0.4) is 0 Å². The number of aliphatic hydroxyl groups is 1. The largest absolute Gasteiger partial charge is 0.493 e. The van der Waals surface area contributed by atoms with Crippen molar-refractivity contribution < 1.29 is 19.4 Å². The third-order valence-electron chi connectivity index (χ3n) is 5.18. The van der Waals surface area contributed by atoms with Crippen molar-refractivity contribution in [3.8, 4) is 11.5 Å². The van der Waals surface area contributed by atoms with Gasteiger partial charge >= 0.3 is 0 Å². The summed E-state index contributed by atoms with van der Waals surface area (Å²) in [6.07, 6.45) is -0.955. The van der Waals surface area contributed by atoms with Gasteiger partial charge in [-0.05, 0) is 11.6 Å². The van der Waals surface area contributed by atoms with Gasteiger partial charge in [-0.15, -0.1) is 0 Å². The molecule has 24 heavy (non-hydrogen) atoms. The first-order valence-electron chi connectivity index (χ1n) is 7.99. The Hall–Kier alpha value is -2.53. The van der Waals surface area contributed by atoms with E-state index in [-0.39, 0.29) is 18.4 Å². The van der Waals surface area contributed by atoms with Gasteiger partial charge in [0, 0.05) is 18.0 Å². The Kier molecular flexibility index (Phi) is 3.46. The number of hydrogen-bond acceptors (Lipinski definition) is 4. The molecule has 1 spiro atoms. The minimum atomic E-state index is -1.03. The molecule has 3 atom stereocenters. The summed E-state index contributed by atoms with van der Waals surface area (Å²) in [5.74, 6) is 0.763. The molecule has 4 rings (SSSR count).